The SMILES string of the molecule is CCOc1cc([N+](=O)[O-])ccc1I.O=[N+]([O-])c1ccc(I)c(O)c1. The Morgan fingerprint density at radius 1 is 1.00 bits per heavy atom. The molecule has 0 heterocycles. The molecule has 10 heteroatoms. The molecular weight excluding hydrogens is 546 g/mol. The molecule has 8 nitrogen and oxygen atoms in total. The molecule has 2 rings (SSSR count). The average molecular weight is 558 g/mol. The summed E-state index contributed by atoms with van der Waals surface area (Å²) in [7, 11) is 0. The first-order chi connectivity index (χ1) is 11.3. The Hall–Kier alpha value is -1.70. The summed E-state index contributed by atoms with van der Waals surface area (Å²) in [4.78, 5) is 19.6. The van der Waals surface area contributed by atoms with Gasteiger partial charge in [-0.25, -0.2) is 0 Å². The van der Waals surface area contributed by atoms with E-state index in [2.05, 4.69) is 22.6 Å². The fraction of sp³-hybridized carbons (Fsp3) is 0.143. The van der Waals surface area contributed by atoms with Crippen molar-refractivity contribution in [1.82, 2.24) is 0 Å². The van der Waals surface area contributed by atoms with Gasteiger partial charge >= 0.3 is 0 Å². The molecule has 0 fully saturated rings. The number of non-ortho nitro benzene ring substituents is 2. The third-order valence-electron chi connectivity index (χ3n) is 2.57. The monoisotopic (exact) mass is 558 g/mol. The van der Waals surface area contributed by atoms with E-state index in [9.17, 15) is 20.2 Å². The molecule has 24 heavy (non-hydrogen) atoms. The molecule has 2 aromatic rings. The Kier molecular flexibility index (Phi) is 8.10. The van der Waals surface area contributed by atoms with Crippen molar-refractivity contribution in [2.24, 2.45) is 0 Å². The van der Waals surface area contributed by atoms with Gasteiger partial charge in [-0.1, -0.05) is 0 Å². The number of phenols is 1. The van der Waals surface area contributed by atoms with Gasteiger partial charge in [0.25, 0.3) is 11.4 Å². The van der Waals surface area contributed by atoms with Gasteiger partial charge in [0.2, 0.25) is 0 Å². The fourth-order valence-electron chi connectivity index (χ4n) is 1.49. The smallest absolute Gasteiger partial charge is 0.273 e. The molecule has 2 aromatic carbocycles. The minimum absolute atomic E-state index is 0.0557. The highest BCUT2D eigenvalue weighted by Gasteiger charge is 2.09. The molecular formula is C14H12I2N2O6. The van der Waals surface area contributed by atoms with Crippen molar-refractivity contribution in [3.8, 4) is 11.5 Å². The molecule has 0 unspecified atom stereocenters. The van der Waals surface area contributed by atoms with Gasteiger partial charge in [-0.2, -0.15) is 0 Å². The van der Waals surface area contributed by atoms with Gasteiger partial charge in [0.05, 0.1) is 35.7 Å². The second-order valence-corrected chi connectivity index (χ2v) is 6.52. The lowest BCUT2D eigenvalue weighted by Gasteiger charge is -2.04. The van der Waals surface area contributed by atoms with Crippen LogP contribution in [0.3, 0.4) is 0 Å². The summed E-state index contributed by atoms with van der Waals surface area (Å²) in [5, 5.41) is 29.6. The first-order valence-corrected chi connectivity index (χ1v) is 8.61. The van der Waals surface area contributed by atoms with E-state index in [0.29, 0.717) is 15.9 Å². The van der Waals surface area contributed by atoms with Crippen LogP contribution in [0.2, 0.25) is 0 Å². The lowest BCUT2D eigenvalue weighted by molar-refractivity contribution is -0.385. The van der Waals surface area contributed by atoms with Crippen LogP contribution in [0.15, 0.2) is 36.4 Å². The minimum atomic E-state index is -0.546. The summed E-state index contributed by atoms with van der Waals surface area (Å²) < 4.78 is 6.70. The van der Waals surface area contributed by atoms with Crippen LogP contribution in [0.1, 0.15) is 6.92 Å². The van der Waals surface area contributed by atoms with Crippen molar-refractivity contribution in [2.75, 3.05) is 6.61 Å². The summed E-state index contributed by atoms with van der Waals surface area (Å²) >= 11 is 3.97. The number of benzene rings is 2. The van der Waals surface area contributed by atoms with E-state index in [1.807, 2.05) is 29.5 Å². The lowest BCUT2D eigenvalue weighted by atomic mass is 10.3. The fourth-order valence-corrected chi connectivity index (χ4v) is 2.31. The first kappa shape index (κ1) is 20.3. The van der Waals surface area contributed by atoms with E-state index in [-0.39, 0.29) is 17.1 Å². The number of nitrogens with zero attached hydrogens (tertiary/aromatic N) is 2. The Bertz CT molecular complexity index is 754. The predicted octanol–water partition coefficient (Wildman–Crippen LogP) is 4.50. The number of rotatable bonds is 4. The van der Waals surface area contributed by atoms with Crippen LogP contribution in [0.25, 0.3) is 0 Å². The average Bonchev–Trinajstić information content (AvgIpc) is 2.52. The van der Waals surface area contributed by atoms with Gasteiger partial charge in [-0.3, -0.25) is 20.2 Å². The summed E-state index contributed by atoms with van der Waals surface area (Å²) in [5.74, 6) is 0.511. The molecule has 0 saturated carbocycles. The van der Waals surface area contributed by atoms with E-state index in [0.717, 1.165) is 9.64 Å². The van der Waals surface area contributed by atoms with Gasteiger partial charge < -0.3 is 9.84 Å². The number of halogens is 2. The largest absolute Gasteiger partial charge is 0.507 e. The lowest BCUT2D eigenvalue weighted by Crippen LogP contribution is -1.95. The van der Waals surface area contributed by atoms with Gasteiger partial charge in [0, 0.05) is 12.1 Å². The Labute approximate surface area is 164 Å². The zero-order valence-corrected chi connectivity index (χ0v) is 16.6. The van der Waals surface area contributed by atoms with Gasteiger partial charge in [0.15, 0.2) is 0 Å². The first-order valence-electron chi connectivity index (χ1n) is 6.46. The standard InChI is InChI=1S/C8H8INO3.C6H4INO3/c1-2-13-8-5-6(10(11)12)3-4-7(8)9;7-5-2-1-4(8(10)11)3-6(5)9/h3-5H,2H2,1H3;1-3,9H. The van der Waals surface area contributed by atoms with Crippen molar-refractivity contribution in [3.05, 3.63) is 63.8 Å². The van der Waals surface area contributed by atoms with Gasteiger partial charge in [-0.05, 0) is 64.2 Å². The zero-order chi connectivity index (χ0) is 18.3. The van der Waals surface area contributed by atoms with Crippen LogP contribution in [0.4, 0.5) is 11.4 Å². The molecule has 0 aliphatic rings. The third-order valence-corrected chi connectivity index (χ3v) is 4.37. The van der Waals surface area contributed by atoms with Crippen LogP contribution in [0.5, 0.6) is 11.5 Å². The maximum Gasteiger partial charge on any atom is 0.273 e. The second-order valence-electron chi connectivity index (χ2n) is 4.20. The molecule has 0 amide bonds. The molecule has 0 atom stereocenters. The Morgan fingerprint density at radius 3 is 1.96 bits per heavy atom. The summed E-state index contributed by atoms with van der Waals surface area (Å²) in [6, 6.07) is 8.54. The number of aromatic hydroxyl groups is 1. The minimum Gasteiger partial charge on any atom is -0.507 e. The van der Waals surface area contributed by atoms with Crippen LogP contribution in [-0.2, 0) is 0 Å². The number of hydrogen-bond donors (Lipinski definition) is 1. The second kappa shape index (κ2) is 9.56. The quantitative estimate of drug-likeness (QED) is 0.336. The summed E-state index contributed by atoms with van der Waals surface area (Å²) in [5.41, 5.74) is -0.0354. The third kappa shape index (κ3) is 6.07. The van der Waals surface area contributed by atoms with Crippen molar-refractivity contribution in [1.29, 1.82) is 0 Å². The number of nitro benzene ring substituents is 2. The topological polar surface area (TPSA) is 116 Å². The van der Waals surface area contributed by atoms with E-state index >= 15 is 0 Å². The normalized spacial score (nSPS) is 9.62. The highest BCUT2D eigenvalue weighted by atomic mass is 127. The van der Waals surface area contributed by atoms with Crippen molar-refractivity contribution >= 4 is 56.6 Å². The van der Waals surface area contributed by atoms with Gasteiger partial charge in [-0.15, -0.1) is 0 Å². The predicted molar refractivity (Wildman–Crippen MR) is 104 cm³/mol. The highest BCUT2D eigenvalue weighted by Crippen LogP contribution is 2.26. The number of nitro groups is 2. The molecule has 1 N–H and O–H groups in total. The summed E-state index contributed by atoms with van der Waals surface area (Å²) in [6.45, 7) is 2.35. The maximum atomic E-state index is 10.4. The number of hydrogen-bond acceptors (Lipinski definition) is 6. The van der Waals surface area contributed by atoms with Gasteiger partial charge in [0.1, 0.15) is 11.5 Å². The van der Waals surface area contributed by atoms with Crippen LogP contribution in [0, 0.1) is 27.4 Å². The molecule has 0 bridgehead atoms. The maximum absolute atomic E-state index is 10.4. The number of ether oxygens (including phenoxy) is 1. The van der Waals surface area contributed by atoms with E-state index in [1.165, 1.54) is 24.3 Å². The van der Waals surface area contributed by atoms with Crippen molar-refractivity contribution in [2.45, 2.75) is 6.92 Å². The number of phenolic OH excluding ortho intramolecular Hbond substituents is 1. The van der Waals surface area contributed by atoms with Crippen molar-refractivity contribution < 1.29 is 19.7 Å². The molecule has 0 saturated heterocycles. The Morgan fingerprint density at radius 2 is 1.50 bits per heavy atom. The van der Waals surface area contributed by atoms with E-state index in [4.69, 9.17) is 9.84 Å². The molecule has 0 aliphatic carbocycles. The van der Waals surface area contributed by atoms with Crippen LogP contribution < -0.4 is 4.74 Å². The zero-order valence-electron chi connectivity index (χ0n) is 12.3. The van der Waals surface area contributed by atoms with E-state index in [1.54, 1.807) is 6.07 Å². The summed E-state index contributed by atoms with van der Waals surface area (Å²) in [6.07, 6.45) is 0. The highest BCUT2D eigenvalue weighted by molar-refractivity contribution is 14.1. The molecule has 0 aromatic heterocycles. The van der Waals surface area contributed by atoms with Crippen LogP contribution >= 0.6 is 45.2 Å². The Balaban J connectivity index is 0.000000243. The van der Waals surface area contributed by atoms with E-state index < -0.39 is 9.85 Å². The van der Waals surface area contributed by atoms with Crippen LogP contribution in [-0.4, -0.2) is 21.6 Å². The van der Waals surface area contributed by atoms with Crippen molar-refractivity contribution in [3.63, 3.8) is 0 Å². The molecule has 0 radical (unpaired) electrons. The molecule has 0 spiro atoms. The molecule has 128 valence electrons. The molecule has 0 aliphatic heterocycles.